The Morgan fingerprint density at radius 1 is 1.09 bits per heavy atom. The molecular weight excluding hydrogens is 282 g/mol. The zero-order valence-electron chi connectivity index (χ0n) is 13.4. The first-order chi connectivity index (χ1) is 10.3. The maximum Gasteiger partial charge on any atom is 0.251 e. The van der Waals surface area contributed by atoms with Gasteiger partial charge in [0, 0.05) is 12.1 Å². The number of carbonyl (C=O) groups is 3. The van der Waals surface area contributed by atoms with Gasteiger partial charge in [-0.15, -0.1) is 0 Å². The molecule has 0 aromatic heterocycles. The van der Waals surface area contributed by atoms with Gasteiger partial charge in [-0.05, 0) is 51.0 Å². The number of rotatable bonds is 6. The summed E-state index contributed by atoms with van der Waals surface area (Å²) < 4.78 is 0. The summed E-state index contributed by atoms with van der Waals surface area (Å²) in [4.78, 5) is 35.2. The van der Waals surface area contributed by atoms with Gasteiger partial charge in [0.05, 0.1) is 6.54 Å². The molecule has 120 valence electrons. The molecule has 22 heavy (non-hydrogen) atoms. The van der Waals surface area contributed by atoms with Crippen molar-refractivity contribution in [3.05, 3.63) is 34.9 Å². The topological polar surface area (TPSA) is 87.3 Å². The van der Waals surface area contributed by atoms with Gasteiger partial charge in [-0.1, -0.05) is 6.07 Å². The molecule has 6 nitrogen and oxygen atoms in total. The molecule has 0 aliphatic rings. The third-order valence-corrected chi connectivity index (χ3v) is 3.30. The van der Waals surface area contributed by atoms with Gasteiger partial charge < -0.3 is 16.0 Å². The molecule has 0 unspecified atom stereocenters. The van der Waals surface area contributed by atoms with Gasteiger partial charge in [0.15, 0.2) is 0 Å². The normalized spacial score (nSPS) is 11.5. The van der Waals surface area contributed by atoms with Gasteiger partial charge in [-0.25, -0.2) is 0 Å². The van der Waals surface area contributed by atoms with Crippen LogP contribution in [0.25, 0.3) is 0 Å². The maximum absolute atomic E-state index is 12.0. The lowest BCUT2D eigenvalue weighted by molar-refractivity contribution is -0.128. The second-order valence-corrected chi connectivity index (χ2v) is 5.17. The molecule has 0 spiro atoms. The summed E-state index contributed by atoms with van der Waals surface area (Å²) in [6, 6.07) is 4.72. The molecule has 3 N–H and O–H groups in total. The summed E-state index contributed by atoms with van der Waals surface area (Å²) in [6.45, 7) is 7.61. The molecule has 0 aliphatic carbocycles. The van der Waals surface area contributed by atoms with E-state index in [4.69, 9.17) is 0 Å². The molecule has 0 aliphatic heterocycles. The standard InChI is InChI=1S/C16H23N3O3/c1-5-17-15(21)12(4)19-14(20)9-18-16(22)13-7-6-10(2)11(3)8-13/h6-8,12H,5,9H2,1-4H3,(H,17,21)(H,18,22)(H,19,20)/t12-/m0/s1. The number of hydrogen-bond acceptors (Lipinski definition) is 3. The van der Waals surface area contributed by atoms with Crippen molar-refractivity contribution in [1.29, 1.82) is 0 Å². The van der Waals surface area contributed by atoms with E-state index < -0.39 is 11.9 Å². The van der Waals surface area contributed by atoms with Gasteiger partial charge in [0.25, 0.3) is 5.91 Å². The van der Waals surface area contributed by atoms with E-state index >= 15 is 0 Å². The molecule has 0 radical (unpaired) electrons. The zero-order valence-corrected chi connectivity index (χ0v) is 13.4. The van der Waals surface area contributed by atoms with Crippen molar-refractivity contribution >= 4 is 17.7 Å². The van der Waals surface area contributed by atoms with Crippen molar-refractivity contribution in [1.82, 2.24) is 16.0 Å². The van der Waals surface area contributed by atoms with Crippen molar-refractivity contribution in [2.45, 2.75) is 33.7 Å². The predicted molar refractivity (Wildman–Crippen MR) is 84.5 cm³/mol. The maximum atomic E-state index is 12.0. The molecule has 0 heterocycles. The lowest BCUT2D eigenvalue weighted by Gasteiger charge is -2.13. The monoisotopic (exact) mass is 305 g/mol. The summed E-state index contributed by atoms with van der Waals surface area (Å²) in [5.41, 5.74) is 2.62. The van der Waals surface area contributed by atoms with E-state index in [0.29, 0.717) is 12.1 Å². The molecule has 1 atom stereocenters. The fourth-order valence-electron chi connectivity index (χ4n) is 1.83. The number of benzene rings is 1. The number of amides is 3. The number of hydrogen-bond donors (Lipinski definition) is 3. The molecule has 0 saturated carbocycles. The second-order valence-electron chi connectivity index (χ2n) is 5.17. The van der Waals surface area contributed by atoms with Gasteiger partial charge in [0.1, 0.15) is 6.04 Å². The van der Waals surface area contributed by atoms with Crippen LogP contribution in [0.1, 0.15) is 35.3 Å². The van der Waals surface area contributed by atoms with Gasteiger partial charge in [0.2, 0.25) is 11.8 Å². The third-order valence-electron chi connectivity index (χ3n) is 3.30. The molecule has 0 bridgehead atoms. The average molecular weight is 305 g/mol. The van der Waals surface area contributed by atoms with Crippen molar-refractivity contribution in [2.75, 3.05) is 13.1 Å². The van der Waals surface area contributed by atoms with Crippen molar-refractivity contribution in [2.24, 2.45) is 0 Å². The smallest absolute Gasteiger partial charge is 0.251 e. The summed E-state index contributed by atoms with van der Waals surface area (Å²) in [5, 5.41) is 7.68. The Bertz CT molecular complexity index is 570. The fraction of sp³-hybridized carbons (Fsp3) is 0.438. The zero-order chi connectivity index (χ0) is 16.7. The molecule has 0 fully saturated rings. The van der Waals surface area contributed by atoms with Crippen molar-refractivity contribution < 1.29 is 14.4 Å². The molecular formula is C16H23N3O3. The lowest BCUT2D eigenvalue weighted by Crippen LogP contribution is -2.47. The first-order valence-electron chi connectivity index (χ1n) is 7.27. The minimum absolute atomic E-state index is 0.171. The highest BCUT2D eigenvalue weighted by Crippen LogP contribution is 2.09. The van der Waals surface area contributed by atoms with E-state index in [1.54, 1.807) is 26.0 Å². The van der Waals surface area contributed by atoms with Crippen LogP contribution in [0, 0.1) is 13.8 Å². The summed E-state index contributed by atoms with van der Waals surface area (Å²) in [6.07, 6.45) is 0. The van der Waals surface area contributed by atoms with Crippen molar-refractivity contribution in [3.63, 3.8) is 0 Å². The first kappa shape index (κ1) is 17.7. The average Bonchev–Trinajstić information content (AvgIpc) is 2.47. The highest BCUT2D eigenvalue weighted by atomic mass is 16.2. The van der Waals surface area contributed by atoms with Crippen LogP contribution in [-0.2, 0) is 9.59 Å². The van der Waals surface area contributed by atoms with Crippen LogP contribution in [0.4, 0.5) is 0 Å². The number of carbonyl (C=O) groups excluding carboxylic acids is 3. The van der Waals surface area contributed by atoms with E-state index in [1.807, 2.05) is 19.9 Å². The van der Waals surface area contributed by atoms with Crippen LogP contribution < -0.4 is 16.0 Å². The Morgan fingerprint density at radius 3 is 2.36 bits per heavy atom. The van der Waals surface area contributed by atoms with Gasteiger partial charge in [-0.3, -0.25) is 14.4 Å². The molecule has 3 amide bonds. The Hall–Kier alpha value is -2.37. The second kappa shape index (κ2) is 8.17. The summed E-state index contributed by atoms with van der Waals surface area (Å²) >= 11 is 0. The fourth-order valence-corrected chi connectivity index (χ4v) is 1.83. The van der Waals surface area contributed by atoms with Gasteiger partial charge >= 0.3 is 0 Å². The number of aryl methyl sites for hydroxylation is 2. The first-order valence-corrected chi connectivity index (χ1v) is 7.27. The van der Waals surface area contributed by atoms with Crippen LogP contribution in [0.2, 0.25) is 0 Å². The third kappa shape index (κ3) is 5.20. The van der Waals surface area contributed by atoms with Crippen LogP contribution in [0.3, 0.4) is 0 Å². The number of likely N-dealkylation sites (N-methyl/N-ethyl adjacent to an activating group) is 1. The quantitative estimate of drug-likeness (QED) is 0.722. The highest BCUT2D eigenvalue weighted by molar-refractivity contribution is 5.97. The Balaban J connectivity index is 2.48. The van der Waals surface area contributed by atoms with Gasteiger partial charge in [-0.2, -0.15) is 0 Å². The van der Waals surface area contributed by atoms with Crippen LogP contribution in [0.15, 0.2) is 18.2 Å². The van der Waals surface area contributed by atoms with Crippen LogP contribution in [-0.4, -0.2) is 36.9 Å². The molecule has 0 saturated heterocycles. The van der Waals surface area contributed by atoms with Crippen molar-refractivity contribution in [3.8, 4) is 0 Å². The largest absolute Gasteiger partial charge is 0.355 e. The summed E-state index contributed by atoms with van der Waals surface area (Å²) in [5.74, 6) is -0.976. The van der Waals surface area contributed by atoms with E-state index in [-0.39, 0.29) is 18.4 Å². The summed E-state index contributed by atoms with van der Waals surface area (Å²) in [7, 11) is 0. The van der Waals surface area contributed by atoms with Crippen LogP contribution in [0.5, 0.6) is 0 Å². The van der Waals surface area contributed by atoms with Crippen LogP contribution >= 0.6 is 0 Å². The molecule has 1 aromatic rings. The lowest BCUT2D eigenvalue weighted by atomic mass is 10.1. The molecule has 1 aromatic carbocycles. The Labute approximate surface area is 130 Å². The van der Waals surface area contributed by atoms with E-state index in [1.165, 1.54) is 0 Å². The Morgan fingerprint density at radius 2 is 1.77 bits per heavy atom. The molecule has 6 heteroatoms. The van der Waals surface area contributed by atoms with E-state index in [0.717, 1.165) is 11.1 Å². The number of nitrogens with one attached hydrogen (secondary N) is 3. The van der Waals surface area contributed by atoms with E-state index in [9.17, 15) is 14.4 Å². The SMILES string of the molecule is CCNC(=O)[C@H](C)NC(=O)CNC(=O)c1ccc(C)c(C)c1. The minimum Gasteiger partial charge on any atom is -0.355 e. The Kier molecular flexibility index (Phi) is 6.56. The minimum atomic E-state index is -0.633. The van der Waals surface area contributed by atoms with E-state index in [2.05, 4.69) is 16.0 Å². The molecule has 1 rings (SSSR count). The predicted octanol–water partition coefficient (Wildman–Crippen LogP) is 0.674. The highest BCUT2D eigenvalue weighted by Gasteiger charge is 2.15.